The number of hydrogen-bond donors (Lipinski definition) is 0. The number of halogens is 1. The highest BCUT2D eigenvalue weighted by molar-refractivity contribution is 7.91. The summed E-state index contributed by atoms with van der Waals surface area (Å²) in [6, 6.07) is 6.75. The number of sulfone groups is 1. The first-order chi connectivity index (χ1) is 10.4. The molecule has 1 aromatic rings. The van der Waals surface area contributed by atoms with Crippen LogP contribution >= 0.6 is 0 Å². The molecule has 1 aliphatic carbocycles. The molecule has 0 bridgehead atoms. The van der Waals surface area contributed by atoms with E-state index in [-0.39, 0.29) is 11.1 Å². The summed E-state index contributed by atoms with van der Waals surface area (Å²) >= 11 is 0. The van der Waals surface area contributed by atoms with Crippen molar-refractivity contribution in [3.8, 4) is 0 Å². The molecule has 0 spiro atoms. The fourth-order valence-electron chi connectivity index (χ4n) is 3.23. The topological polar surface area (TPSA) is 34.1 Å². The Hall–Kier alpha value is -0.900. The third kappa shape index (κ3) is 5.08. The Balaban J connectivity index is 1.74. The molecule has 0 aromatic heterocycles. The first kappa shape index (κ1) is 17.5. The van der Waals surface area contributed by atoms with Crippen molar-refractivity contribution in [2.24, 2.45) is 11.8 Å². The Morgan fingerprint density at radius 1 is 1.05 bits per heavy atom. The Kier molecular flexibility index (Phi) is 6.01. The summed E-state index contributed by atoms with van der Waals surface area (Å²) in [4.78, 5) is 0. The number of aryl methyl sites for hydroxylation is 1. The van der Waals surface area contributed by atoms with Crippen LogP contribution < -0.4 is 0 Å². The van der Waals surface area contributed by atoms with E-state index in [0.29, 0.717) is 17.6 Å². The lowest BCUT2D eigenvalue weighted by molar-refractivity contribution is 0.278. The van der Waals surface area contributed by atoms with Gasteiger partial charge in [-0.15, -0.1) is 0 Å². The van der Waals surface area contributed by atoms with E-state index in [1.165, 1.54) is 17.7 Å². The molecule has 0 unspecified atom stereocenters. The van der Waals surface area contributed by atoms with E-state index in [9.17, 15) is 12.8 Å². The van der Waals surface area contributed by atoms with Crippen molar-refractivity contribution in [2.75, 3.05) is 5.75 Å². The lowest BCUT2D eigenvalue weighted by Crippen LogP contribution is -2.26. The van der Waals surface area contributed by atoms with Gasteiger partial charge < -0.3 is 0 Å². The van der Waals surface area contributed by atoms with Gasteiger partial charge in [-0.25, -0.2) is 12.8 Å². The van der Waals surface area contributed by atoms with Crippen LogP contribution in [0, 0.1) is 17.7 Å². The fourth-order valence-corrected chi connectivity index (χ4v) is 4.60. The summed E-state index contributed by atoms with van der Waals surface area (Å²) in [5.74, 6) is 1.20. The Bertz CT molecular complexity index is 555. The van der Waals surface area contributed by atoms with Crippen molar-refractivity contribution in [2.45, 2.75) is 57.6 Å². The lowest BCUT2D eigenvalue weighted by Gasteiger charge is -2.28. The summed E-state index contributed by atoms with van der Waals surface area (Å²) in [6.45, 7) is 3.54. The largest absolute Gasteiger partial charge is 0.229 e. The molecule has 0 amide bonds. The highest BCUT2D eigenvalue weighted by Crippen LogP contribution is 2.32. The zero-order chi connectivity index (χ0) is 16.2. The van der Waals surface area contributed by atoms with Gasteiger partial charge in [0.25, 0.3) is 0 Å². The molecule has 0 radical (unpaired) electrons. The summed E-state index contributed by atoms with van der Waals surface area (Å²) in [7, 11) is -2.91. The van der Waals surface area contributed by atoms with E-state index in [2.05, 4.69) is 0 Å². The smallest absolute Gasteiger partial charge is 0.152 e. The van der Waals surface area contributed by atoms with Crippen LogP contribution in [0.1, 0.15) is 51.5 Å². The standard InChI is InChI=1S/C18H27FO2S/c1-14(2)22(20,21)13-17-7-5-15(6-8-17)3-4-16-9-11-18(19)12-10-16/h9-12,14-15,17H,3-8,13H2,1-2H3. The molecule has 0 aliphatic heterocycles. The predicted octanol–water partition coefficient (Wildman–Crippen LogP) is 4.39. The summed E-state index contributed by atoms with van der Waals surface area (Å²) < 4.78 is 36.8. The van der Waals surface area contributed by atoms with Crippen LogP contribution in [0.3, 0.4) is 0 Å². The van der Waals surface area contributed by atoms with Gasteiger partial charge >= 0.3 is 0 Å². The van der Waals surface area contributed by atoms with Gasteiger partial charge in [0.05, 0.1) is 11.0 Å². The van der Waals surface area contributed by atoms with Gasteiger partial charge in [-0.2, -0.15) is 0 Å². The Morgan fingerprint density at radius 3 is 2.14 bits per heavy atom. The molecule has 22 heavy (non-hydrogen) atoms. The molecule has 4 heteroatoms. The van der Waals surface area contributed by atoms with Crippen LogP contribution in [0.5, 0.6) is 0 Å². The zero-order valence-electron chi connectivity index (χ0n) is 13.6. The van der Waals surface area contributed by atoms with Gasteiger partial charge in [0.2, 0.25) is 0 Å². The molecule has 1 aliphatic rings. The van der Waals surface area contributed by atoms with Crippen LogP contribution in [0.15, 0.2) is 24.3 Å². The van der Waals surface area contributed by atoms with Crippen LogP contribution in [0.4, 0.5) is 4.39 Å². The molecule has 0 heterocycles. The minimum Gasteiger partial charge on any atom is -0.229 e. The van der Waals surface area contributed by atoms with E-state index in [4.69, 9.17) is 0 Å². The monoisotopic (exact) mass is 326 g/mol. The van der Waals surface area contributed by atoms with Gasteiger partial charge in [0.15, 0.2) is 9.84 Å². The molecule has 1 aromatic carbocycles. The second kappa shape index (κ2) is 7.58. The highest BCUT2D eigenvalue weighted by atomic mass is 32.2. The molecule has 2 rings (SSSR count). The molecule has 0 saturated heterocycles. The van der Waals surface area contributed by atoms with E-state index in [1.807, 2.05) is 12.1 Å². The average Bonchev–Trinajstić information content (AvgIpc) is 2.48. The Morgan fingerprint density at radius 2 is 1.59 bits per heavy atom. The number of rotatable bonds is 6. The van der Waals surface area contributed by atoms with Crippen LogP contribution in [-0.2, 0) is 16.3 Å². The van der Waals surface area contributed by atoms with E-state index in [1.54, 1.807) is 13.8 Å². The third-order valence-corrected chi connectivity index (χ3v) is 7.28. The maximum Gasteiger partial charge on any atom is 0.152 e. The van der Waals surface area contributed by atoms with E-state index < -0.39 is 9.84 Å². The second-order valence-electron chi connectivity index (χ2n) is 6.93. The summed E-state index contributed by atoms with van der Waals surface area (Å²) in [5, 5.41) is -0.260. The van der Waals surface area contributed by atoms with E-state index in [0.717, 1.165) is 38.5 Å². The van der Waals surface area contributed by atoms with Crippen molar-refractivity contribution in [1.82, 2.24) is 0 Å². The first-order valence-electron chi connectivity index (χ1n) is 8.33. The van der Waals surface area contributed by atoms with Crippen molar-refractivity contribution in [3.63, 3.8) is 0 Å². The third-order valence-electron chi connectivity index (χ3n) is 4.91. The van der Waals surface area contributed by atoms with Crippen LogP contribution in [0.2, 0.25) is 0 Å². The minimum absolute atomic E-state index is 0.185. The fraction of sp³-hybridized carbons (Fsp3) is 0.667. The molecule has 1 fully saturated rings. The molecular weight excluding hydrogens is 299 g/mol. The van der Waals surface area contributed by atoms with Crippen molar-refractivity contribution in [1.29, 1.82) is 0 Å². The molecule has 2 nitrogen and oxygen atoms in total. The minimum atomic E-state index is -2.91. The van der Waals surface area contributed by atoms with Crippen molar-refractivity contribution < 1.29 is 12.8 Å². The quantitative estimate of drug-likeness (QED) is 0.777. The first-order valence-corrected chi connectivity index (χ1v) is 10.0. The van der Waals surface area contributed by atoms with Crippen LogP contribution in [-0.4, -0.2) is 19.4 Å². The van der Waals surface area contributed by atoms with Gasteiger partial charge in [-0.05, 0) is 69.1 Å². The van der Waals surface area contributed by atoms with Crippen molar-refractivity contribution in [3.05, 3.63) is 35.6 Å². The maximum absolute atomic E-state index is 12.9. The van der Waals surface area contributed by atoms with Gasteiger partial charge in [0.1, 0.15) is 5.82 Å². The summed E-state index contributed by atoms with van der Waals surface area (Å²) in [5.41, 5.74) is 1.19. The molecule has 0 N–H and O–H groups in total. The molecule has 124 valence electrons. The second-order valence-corrected chi connectivity index (χ2v) is 9.53. The van der Waals surface area contributed by atoms with Gasteiger partial charge in [0, 0.05) is 0 Å². The normalized spacial score (nSPS) is 22.9. The Labute approximate surface area is 134 Å². The SMILES string of the molecule is CC(C)S(=O)(=O)CC1CCC(CCc2ccc(F)cc2)CC1. The average molecular weight is 326 g/mol. The highest BCUT2D eigenvalue weighted by Gasteiger charge is 2.27. The molecular formula is C18H27FO2S. The number of benzene rings is 1. The molecule has 1 saturated carbocycles. The number of hydrogen-bond acceptors (Lipinski definition) is 2. The predicted molar refractivity (Wildman–Crippen MR) is 89.1 cm³/mol. The van der Waals surface area contributed by atoms with Gasteiger partial charge in [-0.3, -0.25) is 0 Å². The van der Waals surface area contributed by atoms with Crippen molar-refractivity contribution >= 4 is 9.84 Å². The van der Waals surface area contributed by atoms with E-state index >= 15 is 0 Å². The lowest BCUT2D eigenvalue weighted by atomic mass is 9.80. The zero-order valence-corrected chi connectivity index (χ0v) is 14.4. The van der Waals surface area contributed by atoms with Crippen LogP contribution in [0.25, 0.3) is 0 Å². The molecule has 0 atom stereocenters. The maximum atomic E-state index is 12.9. The summed E-state index contributed by atoms with van der Waals surface area (Å²) in [6.07, 6.45) is 6.41. The van der Waals surface area contributed by atoms with Gasteiger partial charge in [-0.1, -0.05) is 25.0 Å².